The Morgan fingerprint density at radius 1 is 1.00 bits per heavy atom. The van der Waals surface area contributed by atoms with E-state index in [-0.39, 0.29) is 57.1 Å². The smallest absolute Gasteiger partial charge is 0.410 e. The van der Waals surface area contributed by atoms with Crippen molar-refractivity contribution in [2.75, 3.05) is 40.1 Å². The van der Waals surface area contributed by atoms with Gasteiger partial charge >= 0.3 is 6.09 Å². The number of unbranched alkanes of at least 4 members (excludes halogenated alkanes) is 2. The minimum atomic E-state index is -1.52. The number of aldehydes is 1. The Balaban J connectivity index is 1.59. The number of carbonyl (C=O) groups is 2. The summed E-state index contributed by atoms with van der Waals surface area (Å²) >= 11 is 0. The number of nitrogens with zero attached hydrogens (tertiary/aromatic N) is 2. The Morgan fingerprint density at radius 2 is 1.73 bits per heavy atom. The number of methoxy groups -OCH3 is 1. The van der Waals surface area contributed by atoms with Crippen molar-refractivity contribution in [3.8, 4) is 23.0 Å². The molecule has 1 amide bonds. The van der Waals surface area contributed by atoms with E-state index in [1.807, 2.05) is 19.1 Å². The van der Waals surface area contributed by atoms with Gasteiger partial charge in [0.25, 0.3) is 0 Å². The topological polar surface area (TPSA) is 146 Å². The highest BCUT2D eigenvalue weighted by Crippen LogP contribution is 2.62. The molecule has 0 saturated heterocycles. The first-order valence-corrected chi connectivity index (χ1v) is 20.9. The van der Waals surface area contributed by atoms with E-state index >= 15 is 0 Å². The minimum absolute atomic E-state index is 0.0171. The van der Waals surface area contributed by atoms with Crippen molar-refractivity contribution in [1.82, 2.24) is 4.90 Å². The van der Waals surface area contributed by atoms with E-state index in [2.05, 4.69) is 12.7 Å². The van der Waals surface area contributed by atoms with Crippen molar-refractivity contribution in [2.45, 2.75) is 83.1 Å². The van der Waals surface area contributed by atoms with E-state index in [1.54, 1.807) is 54.3 Å². The van der Waals surface area contributed by atoms with Gasteiger partial charge < -0.3 is 38.7 Å². The van der Waals surface area contributed by atoms with Crippen molar-refractivity contribution in [3.05, 3.63) is 107 Å². The summed E-state index contributed by atoms with van der Waals surface area (Å²) in [6, 6.07) is 15.8. The molecule has 2 aliphatic carbocycles. The highest BCUT2D eigenvalue weighted by Gasteiger charge is 2.65. The highest BCUT2D eigenvalue weighted by molar-refractivity contribution is 6.03. The lowest BCUT2D eigenvalue weighted by molar-refractivity contribution is -0.256. The first-order valence-electron chi connectivity index (χ1n) is 20.9. The Hall–Kier alpha value is -5.24. The lowest BCUT2D eigenvalue weighted by atomic mass is 9.55. The zero-order chi connectivity index (χ0) is 42.6. The number of oxime groups is 1. The van der Waals surface area contributed by atoms with E-state index < -0.39 is 29.7 Å². The van der Waals surface area contributed by atoms with Crippen LogP contribution in [0.4, 0.5) is 9.18 Å². The van der Waals surface area contributed by atoms with Crippen molar-refractivity contribution < 1.29 is 52.7 Å². The predicted molar refractivity (Wildman–Crippen MR) is 224 cm³/mol. The van der Waals surface area contributed by atoms with Crippen LogP contribution in [0, 0.1) is 23.6 Å². The molecule has 12 nitrogen and oxygen atoms in total. The number of rotatable bonds is 21. The van der Waals surface area contributed by atoms with Crippen molar-refractivity contribution in [1.29, 1.82) is 0 Å². The summed E-state index contributed by atoms with van der Waals surface area (Å²) in [7, 11) is 1.50. The number of ether oxygens (including phenoxy) is 5. The quantitative estimate of drug-likeness (QED) is 0.0463. The van der Waals surface area contributed by atoms with Gasteiger partial charge in [0, 0.05) is 37.7 Å². The second-order valence-electron chi connectivity index (χ2n) is 15.3. The fourth-order valence-electron chi connectivity index (χ4n) is 9.15. The monoisotopic (exact) mass is 828 g/mol. The molecule has 0 radical (unpaired) electrons. The normalized spacial score (nSPS) is 23.3. The molecule has 2 N–H and O–H groups in total. The van der Waals surface area contributed by atoms with Crippen LogP contribution in [0.15, 0.2) is 90.1 Å². The van der Waals surface area contributed by atoms with Crippen LogP contribution in [0.5, 0.6) is 23.0 Å². The first-order chi connectivity index (χ1) is 29.2. The summed E-state index contributed by atoms with van der Waals surface area (Å²) in [6.07, 6.45) is 8.55. The van der Waals surface area contributed by atoms with Crippen LogP contribution in [0.3, 0.4) is 0 Å². The van der Waals surface area contributed by atoms with Gasteiger partial charge in [-0.3, -0.25) is 9.69 Å². The third-order valence-electron chi connectivity index (χ3n) is 11.7. The second kappa shape index (κ2) is 20.8. The zero-order valence-electron chi connectivity index (χ0n) is 34.7. The molecule has 1 aliphatic heterocycles. The number of hydrogen-bond donors (Lipinski definition) is 2. The summed E-state index contributed by atoms with van der Waals surface area (Å²) < 4.78 is 45.9. The van der Waals surface area contributed by atoms with Crippen molar-refractivity contribution >= 4 is 18.1 Å². The number of fused-ring (bicyclic) bond motifs is 2. The van der Waals surface area contributed by atoms with Crippen LogP contribution in [-0.4, -0.2) is 85.2 Å². The standard InChI is InChI=1S/C47H57FN2O10/c1-5-24-57-47-43(50(46(54)56-6-2)29-31-14-16-34(48)17-15-31)28-40(49-58-7-3)38-26-32(12-8-10-22-51)37(13-9-11-23-52)44(45(38)47)39-27-36(19-21-42(39)60-47)59-35-18-20-41(55-4)33(25-35)30-53/h5,14-21,25-27,30,32,37,43-45,51-52H,1,6-13,22-24,28-29H2,2-4H3/t32-,37+,43-,44+,45+,47+/m0/s1. The van der Waals surface area contributed by atoms with Crippen LogP contribution in [-0.2, 0) is 20.9 Å². The largest absolute Gasteiger partial charge is 0.496 e. The van der Waals surface area contributed by atoms with Gasteiger partial charge in [0.15, 0.2) is 6.29 Å². The molecule has 6 atom stereocenters. The molecule has 1 heterocycles. The Labute approximate surface area is 351 Å². The summed E-state index contributed by atoms with van der Waals surface area (Å²) in [5.74, 6) is -0.833. The maximum atomic E-state index is 14.3. The SMILES string of the molecule is C=CCO[C@@]12Oc3ccc(Oc4ccc(OC)c(C=O)c4)cc3[C@H]3[C@H](CCCCO)[C@@H](CCCCO)C=C(C(=NOCC)C[C@@H]1N(Cc1ccc(F)cc1)C(=O)OCC)[C@H]32. The molecule has 1 fully saturated rings. The van der Waals surface area contributed by atoms with E-state index in [4.69, 9.17) is 33.7 Å². The molecule has 0 spiro atoms. The number of aliphatic hydroxyl groups is 2. The predicted octanol–water partition coefficient (Wildman–Crippen LogP) is 8.75. The molecule has 0 bridgehead atoms. The van der Waals surface area contributed by atoms with Gasteiger partial charge in [-0.15, -0.1) is 6.58 Å². The van der Waals surface area contributed by atoms with Crippen LogP contribution in [0.1, 0.15) is 86.2 Å². The minimum Gasteiger partial charge on any atom is -0.496 e. The average molecular weight is 829 g/mol. The summed E-state index contributed by atoms with van der Waals surface area (Å²) in [5, 5.41) is 24.5. The fraction of sp³-hybridized carbons (Fsp3) is 0.468. The summed E-state index contributed by atoms with van der Waals surface area (Å²) in [6.45, 7) is 8.28. The lowest BCUT2D eigenvalue weighted by Gasteiger charge is -2.59. The molecule has 322 valence electrons. The van der Waals surface area contributed by atoms with Gasteiger partial charge in [-0.05, 0) is 111 Å². The van der Waals surface area contributed by atoms with Crippen LogP contribution < -0.4 is 14.2 Å². The molecule has 1 saturated carbocycles. The Bertz CT molecular complexity index is 2000. The number of carbonyl (C=O) groups excluding carboxylic acids is 2. The van der Waals surface area contributed by atoms with E-state index in [0.29, 0.717) is 59.3 Å². The van der Waals surface area contributed by atoms with E-state index in [0.717, 1.165) is 43.1 Å². The summed E-state index contributed by atoms with van der Waals surface area (Å²) in [5.41, 5.74) is 3.41. The van der Waals surface area contributed by atoms with Gasteiger partial charge in [-0.25, -0.2) is 9.18 Å². The van der Waals surface area contributed by atoms with Crippen molar-refractivity contribution in [3.63, 3.8) is 0 Å². The molecule has 60 heavy (non-hydrogen) atoms. The van der Waals surface area contributed by atoms with E-state index in [1.165, 1.54) is 19.2 Å². The third-order valence-corrected chi connectivity index (χ3v) is 11.7. The second-order valence-corrected chi connectivity index (χ2v) is 15.3. The Morgan fingerprint density at radius 3 is 2.42 bits per heavy atom. The van der Waals surface area contributed by atoms with Crippen LogP contribution in [0.2, 0.25) is 0 Å². The average Bonchev–Trinajstić information content (AvgIpc) is 3.26. The van der Waals surface area contributed by atoms with Gasteiger partial charge in [0.1, 0.15) is 41.5 Å². The number of benzene rings is 3. The summed E-state index contributed by atoms with van der Waals surface area (Å²) in [4.78, 5) is 33.6. The molecule has 3 aromatic rings. The molecular formula is C47H57FN2O10. The first kappa shape index (κ1) is 44.3. The van der Waals surface area contributed by atoms with Crippen LogP contribution in [0.25, 0.3) is 0 Å². The zero-order valence-corrected chi connectivity index (χ0v) is 34.7. The number of allylic oxidation sites excluding steroid dienone is 1. The third kappa shape index (κ3) is 9.53. The molecule has 0 aromatic heterocycles. The number of aliphatic hydroxyl groups excluding tert-OH is 2. The molecule has 3 aromatic carbocycles. The van der Waals surface area contributed by atoms with Gasteiger partial charge in [-0.2, -0.15) is 0 Å². The molecule has 0 unspecified atom stereocenters. The van der Waals surface area contributed by atoms with Gasteiger partial charge in [-0.1, -0.05) is 42.3 Å². The van der Waals surface area contributed by atoms with Crippen LogP contribution >= 0.6 is 0 Å². The number of amides is 1. The molecule has 13 heteroatoms. The Kier molecular flexibility index (Phi) is 15.4. The van der Waals surface area contributed by atoms with Gasteiger partial charge in [0.05, 0.1) is 37.5 Å². The maximum absolute atomic E-state index is 14.3. The van der Waals surface area contributed by atoms with E-state index in [9.17, 15) is 24.2 Å². The molecule has 3 aliphatic rings. The molecular weight excluding hydrogens is 772 g/mol. The number of hydrogen-bond acceptors (Lipinski definition) is 11. The van der Waals surface area contributed by atoms with Gasteiger partial charge in [0.2, 0.25) is 5.79 Å². The maximum Gasteiger partial charge on any atom is 0.410 e. The lowest BCUT2D eigenvalue weighted by Crippen LogP contribution is -2.70. The fourth-order valence-corrected chi connectivity index (χ4v) is 9.15. The molecule has 6 rings (SSSR count). The highest BCUT2D eigenvalue weighted by atomic mass is 19.1. The van der Waals surface area contributed by atoms with Crippen molar-refractivity contribution in [2.24, 2.45) is 22.9 Å². The number of halogens is 1.